The maximum absolute atomic E-state index is 11.6. The van der Waals surface area contributed by atoms with E-state index in [2.05, 4.69) is 10.1 Å². The highest BCUT2D eigenvalue weighted by Crippen LogP contribution is 2.31. The monoisotopic (exact) mass is 242 g/mol. The molecule has 0 N–H and O–H groups in total. The Morgan fingerprint density at radius 1 is 1.28 bits per heavy atom. The van der Waals surface area contributed by atoms with E-state index in [1.165, 1.54) is 5.56 Å². The number of carbonyl (C=O) groups excluding carboxylic acids is 1. The number of carbonyl (C=O) groups is 1. The van der Waals surface area contributed by atoms with E-state index in [9.17, 15) is 4.79 Å². The Balaban J connectivity index is 1.89. The first kappa shape index (κ1) is 11.1. The Morgan fingerprint density at radius 3 is 2.72 bits per heavy atom. The van der Waals surface area contributed by atoms with E-state index < -0.39 is 0 Å². The SMILES string of the molecule is Cc1ccc(-c2noc(C3CCCC3=O)n2)cc1. The second kappa shape index (κ2) is 4.37. The number of aryl methyl sites for hydroxylation is 1. The van der Waals surface area contributed by atoms with Crippen LogP contribution in [0.15, 0.2) is 28.8 Å². The molecule has 4 heteroatoms. The normalized spacial score (nSPS) is 19.4. The summed E-state index contributed by atoms with van der Waals surface area (Å²) in [5.41, 5.74) is 2.11. The van der Waals surface area contributed by atoms with Gasteiger partial charge in [-0.2, -0.15) is 4.98 Å². The summed E-state index contributed by atoms with van der Waals surface area (Å²) in [4.78, 5) is 16.0. The fourth-order valence-corrected chi connectivity index (χ4v) is 2.27. The molecule has 1 aromatic carbocycles. The fourth-order valence-electron chi connectivity index (χ4n) is 2.27. The van der Waals surface area contributed by atoms with E-state index in [1.54, 1.807) is 0 Å². The predicted molar refractivity (Wildman–Crippen MR) is 66.1 cm³/mol. The Morgan fingerprint density at radius 2 is 2.06 bits per heavy atom. The first-order chi connectivity index (χ1) is 8.74. The van der Waals surface area contributed by atoms with Gasteiger partial charge in [-0.15, -0.1) is 0 Å². The summed E-state index contributed by atoms with van der Waals surface area (Å²) in [6, 6.07) is 7.93. The molecule has 1 atom stereocenters. The highest BCUT2D eigenvalue weighted by atomic mass is 16.5. The van der Waals surface area contributed by atoms with Gasteiger partial charge in [0.15, 0.2) is 0 Å². The van der Waals surface area contributed by atoms with Gasteiger partial charge in [-0.05, 0) is 19.8 Å². The van der Waals surface area contributed by atoms with Crippen LogP contribution in [-0.4, -0.2) is 15.9 Å². The van der Waals surface area contributed by atoms with E-state index in [1.807, 2.05) is 31.2 Å². The summed E-state index contributed by atoms with van der Waals surface area (Å²) in [5, 5.41) is 3.96. The molecule has 4 nitrogen and oxygen atoms in total. The number of rotatable bonds is 2. The molecule has 0 aliphatic heterocycles. The third-order valence-electron chi connectivity index (χ3n) is 3.35. The molecule has 0 saturated heterocycles. The van der Waals surface area contributed by atoms with E-state index >= 15 is 0 Å². The molecule has 1 aromatic heterocycles. The molecule has 1 fully saturated rings. The minimum atomic E-state index is -0.184. The van der Waals surface area contributed by atoms with Gasteiger partial charge in [-0.25, -0.2) is 0 Å². The van der Waals surface area contributed by atoms with Crippen LogP contribution in [0.5, 0.6) is 0 Å². The molecule has 1 aliphatic rings. The number of benzene rings is 1. The quantitative estimate of drug-likeness (QED) is 0.812. The first-order valence-electron chi connectivity index (χ1n) is 6.17. The average Bonchev–Trinajstić information content (AvgIpc) is 2.98. The number of hydrogen-bond donors (Lipinski definition) is 0. The standard InChI is InChI=1S/C14H14N2O2/c1-9-5-7-10(8-6-9)13-15-14(18-16-13)11-3-2-4-12(11)17/h5-8,11H,2-4H2,1H3. The Labute approximate surface area is 105 Å². The molecule has 0 radical (unpaired) electrons. The van der Waals surface area contributed by atoms with Crippen LogP contribution in [0.4, 0.5) is 0 Å². The summed E-state index contributed by atoms with van der Waals surface area (Å²) in [6.07, 6.45) is 2.38. The van der Waals surface area contributed by atoms with Gasteiger partial charge in [-0.1, -0.05) is 35.0 Å². The zero-order valence-electron chi connectivity index (χ0n) is 10.2. The molecule has 0 spiro atoms. The van der Waals surface area contributed by atoms with Crippen LogP contribution >= 0.6 is 0 Å². The van der Waals surface area contributed by atoms with Crippen molar-refractivity contribution in [3.8, 4) is 11.4 Å². The number of hydrogen-bond acceptors (Lipinski definition) is 4. The molecule has 1 aliphatic carbocycles. The van der Waals surface area contributed by atoms with Crippen molar-refractivity contribution in [3.63, 3.8) is 0 Å². The van der Waals surface area contributed by atoms with Crippen molar-refractivity contribution >= 4 is 5.78 Å². The van der Waals surface area contributed by atoms with Crippen LogP contribution in [-0.2, 0) is 4.79 Å². The second-order valence-electron chi connectivity index (χ2n) is 4.73. The molecule has 3 rings (SSSR count). The van der Waals surface area contributed by atoms with Crippen molar-refractivity contribution in [1.29, 1.82) is 0 Å². The summed E-state index contributed by atoms with van der Waals surface area (Å²) >= 11 is 0. The predicted octanol–water partition coefficient (Wildman–Crippen LogP) is 2.88. The highest BCUT2D eigenvalue weighted by Gasteiger charge is 2.30. The molecule has 0 amide bonds. The topological polar surface area (TPSA) is 56.0 Å². The van der Waals surface area contributed by atoms with Gasteiger partial charge in [0.2, 0.25) is 11.7 Å². The smallest absolute Gasteiger partial charge is 0.237 e. The molecule has 1 saturated carbocycles. The molecule has 1 unspecified atom stereocenters. The molecule has 0 bridgehead atoms. The largest absolute Gasteiger partial charge is 0.338 e. The van der Waals surface area contributed by atoms with E-state index in [0.717, 1.165) is 18.4 Å². The third kappa shape index (κ3) is 1.94. The average molecular weight is 242 g/mol. The van der Waals surface area contributed by atoms with Crippen LogP contribution in [0.2, 0.25) is 0 Å². The first-order valence-corrected chi connectivity index (χ1v) is 6.17. The third-order valence-corrected chi connectivity index (χ3v) is 3.35. The lowest BCUT2D eigenvalue weighted by atomic mass is 10.1. The van der Waals surface area contributed by atoms with Crippen molar-refractivity contribution < 1.29 is 9.32 Å². The minimum absolute atomic E-state index is 0.184. The van der Waals surface area contributed by atoms with E-state index in [4.69, 9.17) is 4.52 Å². The molecule has 2 aromatic rings. The highest BCUT2D eigenvalue weighted by molar-refractivity contribution is 5.86. The van der Waals surface area contributed by atoms with Gasteiger partial charge in [0.25, 0.3) is 0 Å². The van der Waals surface area contributed by atoms with E-state index in [0.29, 0.717) is 18.1 Å². The molecular weight excluding hydrogens is 228 g/mol. The summed E-state index contributed by atoms with van der Waals surface area (Å²) in [7, 11) is 0. The van der Waals surface area contributed by atoms with Gasteiger partial charge >= 0.3 is 0 Å². The van der Waals surface area contributed by atoms with Crippen LogP contribution in [0, 0.1) is 6.92 Å². The summed E-state index contributed by atoms with van der Waals surface area (Å²) < 4.78 is 5.22. The van der Waals surface area contributed by atoms with Gasteiger partial charge in [0.05, 0.1) is 5.92 Å². The number of aromatic nitrogens is 2. The molecule has 92 valence electrons. The van der Waals surface area contributed by atoms with Crippen LogP contribution in [0.3, 0.4) is 0 Å². The van der Waals surface area contributed by atoms with Crippen molar-refractivity contribution in [1.82, 2.24) is 10.1 Å². The maximum Gasteiger partial charge on any atom is 0.237 e. The number of Topliss-reactive ketones (excluding diaryl/α,β-unsaturated/α-hetero) is 1. The lowest BCUT2D eigenvalue weighted by Gasteiger charge is -1.98. The zero-order chi connectivity index (χ0) is 12.5. The van der Waals surface area contributed by atoms with Crippen molar-refractivity contribution in [3.05, 3.63) is 35.7 Å². The second-order valence-corrected chi connectivity index (χ2v) is 4.73. The maximum atomic E-state index is 11.6. The van der Waals surface area contributed by atoms with Gasteiger partial charge < -0.3 is 4.52 Å². The van der Waals surface area contributed by atoms with Crippen LogP contribution in [0.25, 0.3) is 11.4 Å². The molecular formula is C14H14N2O2. The number of ketones is 1. The van der Waals surface area contributed by atoms with Crippen LogP contribution in [0.1, 0.15) is 36.6 Å². The lowest BCUT2D eigenvalue weighted by Crippen LogP contribution is -2.04. The molecule has 18 heavy (non-hydrogen) atoms. The summed E-state index contributed by atoms with van der Waals surface area (Å²) in [6.45, 7) is 2.03. The van der Waals surface area contributed by atoms with Gasteiger partial charge in [0.1, 0.15) is 5.78 Å². The van der Waals surface area contributed by atoms with Gasteiger partial charge in [0, 0.05) is 12.0 Å². The Bertz CT molecular complexity index is 572. The summed E-state index contributed by atoms with van der Waals surface area (Å²) in [5.74, 6) is 1.06. The minimum Gasteiger partial charge on any atom is -0.338 e. The zero-order valence-corrected chi connectivity index (χ0v) is 10.2. The van der Waals surface area contributed by atoms with Crippen LogP contribution < -0.4 is 0 Å². The van der Waals surface area contributed by atoms with Gasteiger partial charge in [-0.3, -0.25) is 4.79 Å². The fraction of sp³-hybridized carbons (Fsp3) is 0.357. The van der Waals surface area contributed by atoms with Crippen molar-refractivity contribution in [2.75, 3.05) is 0 Å². The number of nitrogens with zero attached hydrogens (tertiary/aromatic N) is 2. The van der Waals surface area contributed by atoms with Crippen molar-refractivity contribution in [2.45, 2.75) is 32.1 Å². The lowest BCUT2D eigenvalue weighted by molar-refractivity contribution is -0.119. The molecule has 1 heterocycles. The van der Waals surface area contributed by atoms with E-state index in [-0.39, 0.29) is 11.7 Å². The van der Waals surface area contributed by atoms with Crippen molar-refractivity contribution in [2.24, 2.45) is 0 Å². The Kier molecular flexibility index (Phi) is 2.70. The Hall–Kier alpha value is -1.97.